The number of hydrogen-bond donors (Lipinski definition) is 1. The van der Waals surface area contributed by atoms with Gasteiger partial charge >= 0.3 is 0 Å². The van der Waals surface area contributed by atoms with E-state index in [9.17, 15) is 14.4 Å². The first-order valence-electron chi connectivity index (χ1n) is 10.4. The molecule has 0 bridgehead atoms. The Balaban J connectivity index is 1.58. The third-order valence-corrected chi connectivity index (χ3v) is 7.78. The van der Waals surface area contributed by atoms with Gasteiger partial charge in [0.25, 0.3) is 0 Å². The molecular weight excluding hydrogens is 437 g/mol. The second-order valence-corrected chi connectivity index (χ2v) is 9.64. The molecule has 0 aliphatic carbocycles. The minimum absolute atomic E-state index is 0.165. The van der Waals surface area contributed by atoms with E-state index in [4.69, 9.17) is 23.2 Å². The van der Waals surface area contributed by atoms with Crippen molar-refractivity contribution in [1.82, 2.24) is 4.90 Å². The average Bonchev–Trinajstić information content (AvgIpc) is 3.41. The number of carbonyl (C=O) groups is 3. The second kappa shape index (κ2) is 6.31. The van der Waals surface area contributed by atoms with E-state index < -0.39 is 17.4 Å². The fourth-order valence-electron chi connectivity index (χ4n) is 6.31. The molecule has 4 aliphatic rings. The number of anilines is 2. The number of nitrogens with zero attached hydrogens (tertiary/aromatic N) is 2. The highest BCUT2D eigenvalue weighted by Gasteiger charge is 2.74. The van der Waals surface area contributed by atoms with Crippen LogP contribution < -0.4 is 10.2 Å². The summed E-state index contributed by atoms with van der Waals surface area (Å²) in [6.07, 6.45) is 1.64. The minimum atomic E-state index is -1.23. The van der Waals surface area contributed by atoms with Crippen LogP contribution in [0.3, 0.4) is 0 Å². The van der Waals surface area contributed by atoms with E-state index in [1.165, 1.54) is 4.90 Å². The summed E-state index contributed by atoms with van der Waals surface area (Å²) in [6, 6.07) is 10.1. The van der Waals surface area contributed by atoms with Crippen LogP contribution in [0.1, 0.15) is 24.0 Å². The van der Waals surface area contributed by atoms with Crippen molar-refractivity contribution in [2.45, 2.75) is 31.3 Å². The van der Waals surface area contributed by atoms with Crippen LogP contribution in [0.2, 0.25) is 10.0 Å². The summed E-state index contributed by atoms with van der Waals surface area (Å²) < 4.78 is 0. The van der Waals surface area contributed by atoms with Gasteiger partial charge in [-0.05, 0) is 62.2 Å². The smallest absolute Gasteiger partial charge is 0.250 e. The lowest BCUT2D eigenvalue weighted by Gasteiger charge is -2.36. The van der Waals surface area contributed by atoms with Crippen molar-refractivity contribution in [3.8, 4) is 0 Å². The molecule has 6 nitrogen and oxygen atoms in total. The summed E-state index contributed by atoms with van der Waals surface area (Å²) in [5, 5.41) is 3.96. The van der Waals surface area contributed by atoms with Crippen molar-refractivity contribution >= 4 is 52.3 Å². The largest absolute Gasteiger partial charge is 0.324 e. The molecule has 2 aromatic rings. The van der Waals surface area contributed by atoms with Crippen LogP contribution in [-0.2, 0) is 19.9 Å². The van der Waals surface area contributed by atoms with Gasteiger partial charge in [0.15, 0.2) is 0 Å². The van der Waals surface area contributed by atoms with Crippen molar-refractivity contribution in [2.75, 3.05) is 16.8 Å². The van der Waals surface area contributed by atoms with Crippen LogP contribution in [-0.4, -0.2) is 35.2 Å². The predicted molar refractivity (Wildman–Crippen MR) is 117 cm³/mol. The summed E-state index contributed by atoms with van der Waals surface area (Å²) in [5.74, 6) is -2.24. The molecule has 3 fully saturated rings. The third kappa shape index (κ3) is 2.25. The number of halogens is 2. The molecule has 4 heterocycles. The topological polar surface area (TPSA) is 69.7 Å². The van der Waals surface area contributed by atoms with Crippen LogP contribution in [0.15, 0.2) is 36.4 Å². The van der Waals surface area contributed by atoms with Crippen molar-refractivity contribution in [2.24, 2.45) is 11.8 Å². The standard InChI is InChI=1S/C23H19Cl2N3O3/c1-11-8-13(25)10-15-19(11)26-22(31)23(15)18-17(16-6-3-7-27(16)23)20(29)28(21(18)30)14-5-2-4-12(24)9-14/h2,4-5,8-10,16-18H,3,6-7H2,1H3,(H,26,31). The molecule has 3 amide bonds. The normalized spacial score (nSPS) is 31.4. The Kier molecular flexibility index (Phi) is 3.93. The van der Waals surface area contributed by atoms with E-state index in [1.807, 2.05) is 6.92 Å². The molecule has 0 radical (unpaired) electrons. The number of hydrogen-bond acceptors (Lipinski definition) is 4. The lowest BCUT2D eigenvalue weighted by molar-refractivity contribution is -0.135. The first-order chi connectivity index (χ1) is 14.9. The molecular formula is C23H19Cl2N3O3. The van der Waals surface area contributed by atoms with Gasteiger partial charge in [0.05, 0.1) is 17.5 Å². The molecule has 4 unspecified atom stereocenters. The molecule has 4 atom stereocenters. The zero-order valence-electron chi connectivity index (χ0n) is 16.7. The molecule has 4 aliphatic heterocycles. The molecule has 31 heavy (non-hydrogen) atoms. The van der Waals surface area contributed by atoms with Gasteiger partial charge in [0, 0.05) is 27.3 Å². The second-order valence-electron chi connectivity index (χ2n) is 8.76. The molecule has 1 spiro atoms. The van der Waals surface area contributed by atoms with Gasteiger partial charge < -0.3 is 5.32 Å². The number of nitrogens with one attached hydrogen (secondary N) is 1. The maximum Gasteiger partial charge on any atom is 0.250 e. The minimum Gasteiger partial charge on any atom is -0.324 e. The summed E-state index contributed by atoms with van der Waals surface area (Å²) in [7, 11) is 0. The monoisotopic (exact) mass is 455 g/mol. The van der Waals surface area contributed by atoms with Crippen molar-refractivity contribution in [1.29, 1.82) is 0 Å². The zero-order chi connectivity index (χ0) is 21.7. The van der Waals surface area contributed by atoms with Gasteiger partial charge in [0.2, 0.25) is 17.7 Å². The van der Waals surface area contributed by atoms with Gasteiger partial charge in [-0.3, -0.25) is 19.3 Å². The summed E-state index contributed by atoms with van der Waals surface area (Å²) >= 11 is 12.5. The van der Waals surface area contributed by atoms with Gasteiger partial charge in [0.1, 0.15) is 5.54 Å². The SMILES string of the molecule is Cc1cc(Cl)cc2c1NC(=O)C21C2C(=O)N(c3cccc(Cl)c3)C(=O)C2C2CCCN21. The van der Waals surface area contributed by atoms with Crippen LogP contribution >= 0.6 is 23.2 Å². The summed E-state index contributed by atoms with van der Waals surface area (Å²) in [4.78, 5) is 44.4. The Labute approximate surface area is 189 Å². The number of carbonyl (C=O) groups excluding carboxylic acids is 3. The molecule has 1 N–H and O–H groups in total. The molecule has 0 saturated carbocycles. The Morgan fingerprint density at radius 2 is 1.87 bits per heavy atom. The van der Waals surface area contributed by atoms with Crippen molar-refractivity contribution in [3.63, 3.8) is 0 Å². The third-order valence-electron chi connectivity index (χ3n) is 7.33. The molecule has 3 saturated heterocycles. The Morgan fingerprint density at radius 1 is 1.06 bits per heavy atom. The lowest BCUT2D eigenvalue weighted by Crippen LogP contribution is -2.54. The molecule has 0 aromatic heterocycles. The highest BCUT2D eigenvalue weighted by atomic mass is 35.5. The van der Waals surface area contributed by atoms with E-state index in [0.717, 1.165) is 18.4 Å². The van der Waals surface area contributed by atoms with E-state index in [-0.39, 0.29) is 23.8 Å². The number of amides is 3. The van der Waals surface area contributed by atoms with Crippen molar-refractivity contribution < 1.29 is 14.4 Å². The van der Waals surface area contributed by atoms with Gasteiger partial charge in [-0.1, -0.05) is 29.3 Å². The fraction of sp³-hybridized carbons (Fsp3) is 0.348. The van der Waals surface area contributed by atoms with Gasteiger partial charge in [-0.25, -0.2) is 4.90 Å². The molecule has 158 valence electrons. The van der Waals surface area contributed by atoms with E-state index in [0.29, 0.717) is 33.5 Å². The number of benzene rings is 2. The summed E-state index contributed by atoms with van der Waals surface area (Å²) in [6.45, 7) is 2.55. The fourth-order valence-corrected chi connectivity index (χ4v) is 6.76. The van der Waals surface area contributed by atoms with Gasteiger partial charge in [-0.2, -0.15) is 0 Å². The average molecular weight is 456 g/mol. The zero-order valence-corrected chi connectivity index (χ0v) is 18.2. The quantitative estimate of drug-likeness (QED) is 0.665. The first-order valence-corrected chi connectivity index (χ1v) is 11.1. The number of aryl methyl sites for hydroxylation is 1. The lowest BCUT2D eigenvalue weighted by atomic mass is 9.75. The Morgan fingerprint density at radius 3 is 2.65 bits per heavy atom. The number of fused-ring (bicyclic) bond motifs is 7. The van der Waals surface area contributed by atoms with Crippen LogP contribution in [0.5, 0.6) is 0 Å². The number of rotatable bonds is 1. The van der Waals surface area contributed by atoms with Crippen LogP contribution in [0.25, 0.3) is 0 Å². The van der Waals surface area contributed by atoms with E-state index in [2.05, 4.69) is 10.2 Å². The Bertz CT molecular complexity index is 1200. The molecule has 8 heteroatoms. The molecule has 2 aromatic carbocycles. The number of imide groups is 1. The predicted octanol–water partition coefficient (Wildman–Crippen LogP) is 3.73. The first kappa shape index (κ1) is 19.3. The highest BCUT2D eigenvalue weighted by Crippen LogP contribution is 2.61. The van der Waals surface area contributed by atoms with Crippen molar-refractivity contribution in [3.05, 3.63) is 57.6 Å². The maximum absolute atomic E-state index is 13.8. The van der Waals surface area contributed by atoms with Gasteiger partial charge in [-0.15, -0.1) is 0 Å². The highest BCUT2D eigenvalue weighted by molar-refractivity contribution is 6.32. The molecule has 6 rings (SSSR count). The van der Waals surface area contributed by atoms with E-state index >= 15 is 0 Å². The maximum atomic E-state index is 13.8. The van der Waals surface area contributed by atoms with Crippen LogP contribution in [0.4, 0.5) is 11.4 Å². The van der Waals surface area contributed by atoms with Crippen LogP contribution in [0, 0.1) is 18.8 Å². The Hall–Kier alpha value is -2.41. The summed E-state index contributed by atoms with van der Waals surface area (Å²) in [5.41, 5.74) is 1.46. The van der Waals surface area contributed by atoms with E-state index in [1.54, 1.807) is 36.4 Å².